The minimum atomic E-state index is -2.77. The van der Waals surface area contributed by atoms with Crippen molar-refractivity contribution in [3.63, 3.8) is 0 Å². The first-order chi connectivity index (χ1) is 13.7. The normalized spacial score (nSPS) is 15.2. The molecule has 0 aromatic heterocycles. The summed E-state index contributed by atoms with van der Waals surface area (Å²) in [5, 5.41) is 32.4. The maximum atomic E-state index is 11.3. The van der Waals surface area contributed by atoms with E-state index in [0.29, 0.717) is 23.6 Å². The Labute approximate surface area is 231 Å². The molecule has 0 bridgehead atoms. The van der Waals surface area contributed by atoms with Crippen molar-refractivity contribution in [1.29, 1.82) is 0 Å². The summed E-state index contributed by atoms with van der Waals surface area (Å²) >= 11 is 5.94. The number of aliphatic hydroxyl groups excluding tert-OH is 1. The molecule has 0 radical (unpaired) electrons. The van der Waals surface area contributed by atoms with Gasteiger partial charge in [-0.3, -0.25) is 0 Å². The Morgan fingerprint density at radius 1 is 1.10 bits per heavy atom. The third-order valence-electron chi connectivity index (χ3n) is 4.51. The van der Waals surface area contributed by atoms with Crippen LogP contribution in [0.25, 0.3) is 0 Å². The van der Waals surface area contributed by atoms with Crippen molar-refractivity contribution in [2.75, 3.05) is 6.54 Å². The number of aliphatic carboxylic acids is 2. The van der Waals surface area contributed by atoms with Gasteiger partial charge in [0.25, 0.3) is 0 Å². The van der Waals surface area contributed by atoms with Crippen LogP contribution in [0.15, 0.2) is 42.5 Å². The summed E-state index contributed by atoms with van der Waals surface area (Å²) in [7, 11) is 0. The van der Waals surface area contributed by atoms with Crippen LogP contribution in [0.3, 0.4) is 0 Å². The summed E-state index contributed by atoms with van der Waals surface area (Å²) in [5.74, 6) is -6.15. The molecule has 0 aliphatic carbocycles. The summed E-state index contributed by atoms with van der Waals surface area (Å²) in [4.78, 5) is 22.6. The molecule has 0 saturated heterocycles. The first-order valence-corrected chi connectivity index (χ1v) is 9.23. The molecule has 0 fully saturated rings. The molecule has 8 nitrogen and oxygen atoms in total. The van der Waals surface area contributed by atoms with Gasteiger partial charge in [-0.25, -0.2) is 9.59 Å². The number of benzene rings is 2. The van der Waals surface area contributed by atoms with Crippen molar-refractivity contribution in [1.82, 2.24) is 5.32 Å². The van der Waals surface area contributed by atoms with Gasteiger partial charge in [0.05, 0.1) is 6.10 Å². The minimum Gasteiger partial charge on any atom is -1.00 e. The topological polar surface area (TPSA) is 125 Å². The Morgan fingerprint density at radius 3 is 2.35 bits per heavy atom. The number of aliphatic hydroxyl groups is 1. The third-order valence-corrected chi connectivity index (χ3v) is 4.75. The number of carboxylic acids is 2. The van der Waals surface area contributed by atoms with E-state index in [1.165, 1.54) is 6.07 Å². The van der Waals surface area contributed by atoms with Crippen molar-refractivity contribution in [3.05, 3.63) is 58.6 Å². The molecule has 0 amide bonds. The van der Waals surface area contributed by atoms with E-state index < -0.39 is 23.8 Å². The van der Waals surface area contributed by atoms with Crippen LogP contribution in [0.1, 0.15) is 27.0 Å². The van der Waals surface area contributed by atoms with E-state index in [0.717, 1.165) is 5.56 Å². The van der Waals surface area contributed by atoms with E-state index in [9.17, 15) is 24.9 Å². The second kappa shape index (κ2) is 11.9. The third kappa shape index (κ3) is 6.60. The van der Waals surface area contributed by atoms with Gasteiger partial charge in [0.15, 0.2) is 11.5 Å². The average molecular weight is 470 g/mol. The van der Waals surface area contributed by atoms with Crippen LogP contribution in [-0.2, 0) is 16.0 Å². The van der Waals surface area contributed by atoms with E-state index in [-0.39, 0.29) is 79.5 Å². The fourth-order valence-electron chi connectivity index (χ4n) is 3.01. The van der Waals surface area contributed by atoms with Gasteiger partial charge in [-0.05, 0) is 48.7 Å². The van der Waals surface area contributed by atoms with Crippen LogP contribution >= 0.6 is 11.6 Å². The van der Waals surface area contributed by atoms with Gasteiger partial charge in [0, 0.05) is 17.6 Å². The molecule has 0 saturated carbocycles. The number of halogens is 1. The largest absolute Gasteiger partial charge is 1.00 e. The molecule has 2 atom stereocenters. The van der Waals surface area contributed by atoms with E-state index in [4.69, 9.17) is 21.1 Å². The maximum absolute atomic E-state index is 11.3. The zero-order valence-electron chi connectivity index (χ0n) is 19.5. The molecule has 31 heavy (non-hydrogen) atoms. The first-order valence-electron chi connectivity index (χ1n) is 8.86. The summed E-state index contributed by atoms with van der Waals surface area (Å²) in [6, 6.07) is 11.7. The van der Waals surface area contributed by atoms with Crippen molar-refractivity contribution < 1.29 is 96.4 Å². The Hall–Kier alpha value is -0.810. The monoisotopic (exact) mass is 469 g/mol. The van der Waals surface area contributed by atoms with Crippen LogP contribution in [0.5, 0.6) is 11.5 Å². The van der Waals surface area contributed by atoms with Gasteiger partial charge in [0.2, 0.25) is 0 Å². The first kappa shape index (κ1) is 28.2. The van der Waals surface area contributed by atoms with E-state index in [1.54, 1.807) is 36.4 Å². The van der Waals surface area contributed by atoms with Gasteiger partial charge in [-0.1, -0.05) is 29.8 Å². The van der Waals surface area contributed by atoms with Crippen molar-refractivity contribution in [2.45, 2.75) is 31.3 Å². The second-order valence-corrected chi connectivity index (χ2v) is 7.23. The quantitative estimate of drug-likeness (QED) is 0.231. The molecule has 3 rings (SSSR count). The number of rotatable bonds is 8. The van der Waals surface area contributed by atoms with Gasteiger partial charge in [-0.2, -0.15) is 0 Å². The van der Waals surface area contributed by atoms with Crippen molar-refractivity contribution in [2.24, 2.45) is 0 Å². The SMILES string of the molecule is C[C@H](Cc1ccc2c(c1)OC(C(=O)O)(C(=O)O)O2)NC[C@H](O)c1cccc(Cl)c1.[H-].[H-].[Na+].[Na+]. The number of ether oxygens (including phenoxy) is 2. The standard InChI is InChI=1S/C20H20ClNO7.2Na.2H/c1-11(22-10-15(23)13-3-2-4-14(21)9-13)7-12-5-6-16-17(8-12)29-20(28-16,18(24)25)19(26)27;;;;/h2-6,8-9,11,15,22-23H,7,10H2,1H3,(H,24,25)(H,26,27);;;;/q;2*+1;2*-1/t11-,15+;;;;/m1..../s1. The predicted octanol–water partition coefficient (Wildman–Crippen LogP) is -3.54. The smallest absolute Gasteiger partial charge is 1.00 e. The summed E-state index contributed by atoms with van der Waals surface area (Å²) < 4.78 is 10.1. The molecule has 0 spiro atoms. The molecular weight excluding hydrogens is 448 g/mol. The van der Waals surface area contributed by atoms with Gasteiger partial charge < -0.3 is 33.0 Å². The number of carbonyl (C=O) groups is 2. The molecule has 1 heterocycles. The molecule has 4 N–H and O–H groups in total. The number of nitrogens with one attached hydrogen (secondary N) is 1. The number of carboxylic acid groups (broad SMARTS) is 2. The van der Waals surface area contributed by atoms with E-state index >= 15 is 0 Å². The Balaban J connectivity index is 0. The Bertz CT molecular complexity index is 940. The van der Waals surface area contributed by atoms with Crippen molar-refractivity contribution in [3.8, 4) is 11.5 Å². The average Bonchev–Trinajstić information content (AvgIpc) is 3.06. The molecule has 158 valence electrons. The molecule has 0 unspecified atom stereocenters. The zero-order valence-corrected chi connectivity index (χ0v) is 22.2. The Kier molecular flexibility index (Phi) is 10.8. The predicted molar refractivity (Wildman–Crippen MR) is 106 cm³/mol. The van der Waals surface area contributed by atoms with Crippen molar-refractivity contribution >= 4 is 23.5 Å². The molecule has 2 aromatic rings. The summed E-state index contributed by atoms with van der Waals surface area (Å²) in [5.41, 5.74) is 1.50. The summed E-state index contributed by atoms with van der Waals surface area (Å²) in [6.45, 7) is 2.24. The maximum Gasteiger partial charge on any atom is 1.00 e. The molecule has 1 aliphatic heterocycles. The number of hydrogen-bond donors (Lipinski definition) is 4. The zero-order chi connectivity index (χ0) is 21.2. The van der Waals surface area contributed by atoms with Crippen LogP contribution in [-0.4, -0.2) is 45.6 Å². The van der Waals surface area contributed by atoms with Gasteiger partial charge in [0.1, 0.15) is 0 Å². The number of hydrogen-bond acceptors (Lipinski definition) is 6. The van der Waals surface area contributed by atoms with Gasteiger partial charge in [-0.15, -0.1) is 0 Å². The second-order valence-electron chi connectivity index (χ2n) is 6.80. The molecule has 1 aliphatic rings. The van der Waals surface area contributed by atoms with Crippen LogP contribution < -0.4 is 73.9 Å². The summed E-state index contributed by atoms with van der Waals surface area (Å²) in [6.07, 6.45) is -0.189. The van der Waals surface area contributed by atoms with E-state index in [2.05, 4.69) is 5.32 Å². The van der Waals surface area contributed by atoms with E-state index in [1.807, 2.05) is 6.92 Å². The fraction of sp³-hybridized carbons (Fsp3) is 0.300. The minimum absolute atomic E-state index is 0. The van der Waals surface area contributed by atoms with Crippen LogP contribution in [0.4, 0.5) is 0 Å². The van der Waals surface area contributed by atoms with Crippen LogP contribution in [0.2, 0.25) is 5.02 Å². The molecule has 11 heteroatoms. The molecule has 2 aromatic carbocycles. The van der Waals surface area contributed by atoms with Gasteiger partial charge >= 0.3 is 76.8 Å². The van der Waals surface area contributed by atoms with Crippen LogP contribution in [0, 0.1) is 0 Å². The fourth-order valence-corrected chi connectivity index (χ4v) is 3.21. The Morgan fingerprint density at radius 2 is 1.74 bits per heavy atom. The number of fused-ring (bicyclic) bond motifs is 1. The molecular formula is C20H22ClNNa2O7.